The van der Waals surface area contributed by atoms with E-state index in [0.29, 0.717) is 5.75 Å². The number of carbonyl (C=O) groups excluding carboxylic acids is 2. The van der Waals surface area contributed by atoms with Gasteiger partial charge in [-0.1, -0.05) is 6.07 Å². The van der Waals surface area contributed by atoms with Crippen LogP contribution in [0.3, 0.4) is 0 Å². The number of carbonyl (C=O) groups is 2. The molecule has 21 heavy (non-hydrogen) atoms. The van der Waals surface area contributed by atoms with Gasteiger partial charge in [0.2, 0.25) is 0 Å². The molecular weight excluding hydrogens is 268 g/mol. The first-order valence-electron chi connectivity index (χ1n) is 6.77. The summed E-state index contributed by atoms with van der Waals surface area (Å²) >= 11 is 0. The number of rotatable bonds is 3. The Morgan fingerprint density at radius 1 is 1.29 bits per heavy atom. The number of benzene rings is 1. The van der Waals surface area contributed by atoms with E-state index >= 15 is 0 Å². The van der Waals surface area contributed by atoms with E-state index < -0.39 is 5.91 Å². The highest BCUT2D eigenvalue weighted by Gasteiger charge is 2.18. The SMILES string of the molecule is CC(=O)Oc1ccc(C=C(C#N)C(N)=O)c2c1CCCC2. The molecule has 108 valence electrons. The maximum Gasteiger partial charge on any atom is 0.308 e. The van der Waals surface area contributed by atoms with Gasteiger partial charge in [0.05, 0.1) is 0 Å². The Kier molecular flexibility index (Phi) is 4.39. The number of nitrogens with two attached hydrogens (primary N) is 1. The molecule has 1 aliphatic rings. The lowest BCUT2D eigenvalue weighted by Crippen LogP contribution is -2.13. The highest BCUT2D eigenvalue weighted by Crippen LogP contribution is 2.33. The Labute approximate surface area is 123 Å². The van der Waals surface area contributed by atoms with Crippen molar-refractivity contribution in [3.63, 3.8) is 0 Å². The molecule has 1 aromatic carbocycles. The third-order valence-electron chi connectivity index (χ3n) is 3.47. The molecule has 2 rings (SSSR count). The van der Waals surface area contributed by atoms with Crippen LogP contribution >= 0.6 is 0 Å². The molecule has 0 radical (unpaired) electrons. The summed E-state index contributed by atoms with van der Waals surface area (Å²) in [5.41, 5.74) is 7.88. The van der Waals surface area contributed by atoms with Crippen molar-refractivity contribution in [1.82, 2.24) is 0 Å². The highest BCUT2D eigenvalue weighted by molar-refractivity contribution is 6.00. The van der Waals surface area contributed by atoms with E-state index in [4.69, 9.17) is 15.7 Å². The van der Waals surface area contributed by atoms with Crippen LogP contribution in [0.4, 0.5) is 0 Å². The number of fused-ring (bicyclic) bond motifs is 1. The monoisotopic (exact) mass is 284 g/mol. The van der Waals surface area contributed by atoms with Gasteiger partial charge < -0.3 is 10.5 Å². The fourth-order valence-corrected chi connectivity index (χ4v) is 2.56. The van der Waals surface area contributed by atoms with Crippen LogP contribution in [0, 0.1) is 11.3 Å². The van der Waals surface area contributed by atoms with Crippen LogP contribution < -0.4 is 10.5 Å². The lowest BCUT2D eigenvalue weighted by molar-refractivity contribution is -0.132. The van der Waals surface area contributed by atoms with Gasteiger partial charge in [0.1, 0.15) is 17.4 Å². The molecule has 5 heteroatoms. The molecule has 1 aromatic rings. The van der Waals surface area contributed by atoms with Crippen LogP contribution in [0.5, 0.6) is 5.75 Å². The van der Waals surface area contributed by atoms with Gasteiger partial charge in [-0.25, -0.2) is 0 Å². The molecule has 0 saturated heterocycles. The van der Waals surface area contributed by atoms with Gasteiger partial charge in [-0.3, -0.25) is 9.59 Å². The zero-order valence-corrected chi connectivity index (χ0v) is 11.8. The van der Waals surface area contributed by atoms with E-state index in [2.05, 4.69) is 0 Å². The first-order chi connectivity index (χ1) is 10.0. The zero-order valence-electron chi connectivity index (χ0n) is 11.8. The van der Waals surface area contributed by atoms with Gasteiger partial charge in [0, 0.05) is 6.92 Å². The van der Waals surface area contributed by atoms with Gasteiger partial charge in [0.15, 0.2) is 0 Å². The number of amides is 1. The molecule has 0 fully saturated rings. The number of ether oxygens (including phenoxy) is 1. The Morgan fingerprint density at radius 3 is 2.52 bits per heavy atom. The second-order valence-corrected chi connectivity index (χ2v) is 4.94. The van der Waals surface area contributed by atoms with Gasteiger partial charge >= 0.3 is 5.97 Å². The van der Waals surface area contributed by atoms with Crippen molar-refractivity contribution < 1.29 is 14.3 Å². The number of hydrogen-bond acceptors (Lipinski definition) is 4. The third-order valence-corrected chi connectivity index (χ3v) is 3.47. The average Bonchev–Trinajstić information content (AvgIpc) is 2.45. The van der Waals surface area contributed by atoms with Crippen LogP contribution in [0.25, 0.3) is 6.08 Å². The largest absolute Gasteiger partial charge is 0.426 e. The van der Waals surface area contributed by atoms with E-state index in [1.54, 1.807) is 18.2 Å². The first-order valence-corrected chi connectivity index (χ1v) is 6.77. The highest BCUT2D eigenvalue weighted by atomic mass is 16.5. The van der Waals surface area contributed by atoms with Gasteiger partial charge in [-0.05, 0) is 54.5 Å². The molecule has 0 aromatic heterocycles. The van der Waals surface area contributed by atoms with Crippen LogP contribution in [0.1, 0.15) is 36.5 Å². The summed E-state index contributed by atoms with van der Waals surface area (Å²) in [4.78, 5) is 22.3. The van der Waals surface area contributed by atoms with E-state index in [-0.39, 0.29) is 11.5 Å². The van der Waals surface area contributed by atoms with Crippen molar-refractivity contribution in [2.45, 2.75) is 32.6 Å². The van der Waals surface area contributed by atoms with Crippen LogP contribution in [-0.4, -0.2) is 11.9 Å². The Hall–Kier alpha value is -2.61. The molecule has 0 heterocycles. The van der Waals surface area contributed by atoms with Crippen molar-refractivity contribution in [1.29, 1.82) is 5.26 Å². The molecule has 0 unspecified atom stereocenters. The smallest absolute Gasteiger partial charge is 0.308 e. The third kappa shape index (κ3) is 3.29. The second kappa shape index (κ2) is 6.23. The maximum atomic E-state index is 11.2. The summed E-state index contributed by atoms with van der Waals surface area (Å²) in [6, 6.07) is 5.26. The molecule has 1 amide bonds. The van der Waals surface area contributed by atoms with E-state index in [1.807, 2.05) is 0 Å². The Bertz CT molecular complexity index is 669. The minimum absolute atomic E-state index is 0.0805. The van der Waals surface area contributed by atoms with Crippen LogP contribution in [-0.2, 0) is 22.4 Å². The van der Waals surface area contributed by atoms with E-state index in [9.17, 15) is 9.59 Å². The van der Waals surface area contributed by atoms with Crippen molar-refractivity contribution >= 4 is 18.0 Å². The number of nitriles is 1. The predicted octanol–water partition coefficient (Wildman–Crippen LogP) is 1.88. The lowest BCUT2D eigenvalue weighted by atomic mass is 9.87. The minimum Gasteiger partial charge on any atom is -0.426 e. The summed E-state index contributed by atoms with van der Waals surface area (Å²) in [5, 5.41) is 8.95. The molecule has 2 N–H and O–H groups in total. The topological polar surface area (TPSA) is 93.2 Å². The molecule has 1 aliphatic carbocycles. The maximum absolute atomic E-state index is 11.2. The first kappa shape index (κ1) is 14.8. The standard InChI is InChI=1S/C16H16N2O3/c1-10(19)21-15-7-6-11(8-12(9-17)16(18)20)13-4-2-3-5-14(13)15/h6-8H,2-5H2,1H3,(H2,18,20). The number of primary amides is 1. The van der Waals surface area contributed by atoms with Crippen molar-refractivity contribution in [2.24, 2.45) is 5.73 Å². The predicted molar refractivity (Wildman–Crippen MR) is 77.2 cm³/mol. The molecule has 0 atom stereocenters. The number of esters is 1. The van der Waals surface area contributed by atoms with Crippen LogP contribution in [0.2, 0.25) is 0 Å². The van der Waals surface area contributed by atoms with Crippen molar-refractivity contribution in [2.75, 3.05) is 0 Å². The van der Waals surface area contributed by atoms with Gasteiger partial charge in [0.25, 0.3) is 5.91 Å². The molecular formula is C16H16N2O3. The Morgan fingerprint density at radius 2 is 1.95 bits per heavy atom. The normalized spacial score (nSPS) is 14.0. The van der Waals surface area contributed by atoms with Crippen molar-refractivity contribution in [3.8, 4) is 11.8 Å². The number of hydrogen-bond donors (Lipinski definition) is 1. The second-order valence-electron chi connectivity index (χ2n) is 4.94. The molecule has 0 saturated carbocycles. The number of nitrogens with zero attached hydrogens (tertiary/aromatic N) is 1. The lowest BCUT2D eigenvalue weighted by Gasteiger charge is -2.21. The van der Waals surface area contributed by atoms with E-state index in [1.165, 1.54) is 13.0 Å². The fourth-order valence-electron chi connectivity index (χ4n) is 2.56. The van der Waals surface area contributed by atoms with Crippen molar-refractivity contribution in [3.05, 3.63) is 34.4 Å². The zero-order chi connectivity index (χ0) is 15.4. The summed E-state index contributed by atoms with van der Waals surface area (Å²) in [6.45, 7) is 1.36. The summed E-state index contributed by atoms with van der Waals surface area (Å²) in [5.74, 6) is -0.543. The Balaban J connectivity index is 2.52. The average molecular weight is 284 g/mol. The molecule has 0 bridgehead atoms. The summed E-state index contributed by atoms with van der Waals surface area (Å²) < 4.78 is 5.23. The summed E-state index contributed by atoms with van der Waals surface area (Å²) in [6.07, 6.45) is 5.20. The molecule has 5 nitrogen and oxygen atoms in total. The minimum atomic E-state index is -0.744. The van der Waals surface area contributed by atoms with Crippen LogP contribution in [0.15, 0.2) is 17.7 Å². The van der Waals surface area contributed by atoms with Gasteiger partial charge in [-0.2, -0.15) is 5.26 Å². The quantitative estimate of drug-likeness (QED) is 0.397. The fraction of sp³-hybridized carbons (Fsp3) is 0.312. The molecule has 0 aliphatic heterocycles. The summed E-state index contributed by atoms with van der Waals surface area (Å²) in [7, 11) is 0. The van der Waals surface area contributed by atoms with E-state index in [0.717, 1.165) is 42.4 Å². The molecule has 0 spiro atoms. The van der Waals surface area contributed by atoms with Gasteiger partial charge in [-0.15, -0.1) is 0 Å².